The molecule has 1 N–H and O–H groups in total. The average molecular weight is 392 g/mol. The molecule has 0 radical (unpaired) electrons. The lowest BCUT2D eigenvalue weighted by Gasteiger charge is -2.07. The van der Waals surface area contributed by atoms with Crippen molar-refractivity contribution < 1.29 is 18.7 Å². The molecule has 4 nitrogen and oxygen atoms in total. The van der Waals surface area contributed by atoms with E-state index in [4.69, 9.17) is 4.74 Å². The largest absolute Gasteiger partial charge is 0.463 e. The molecular weight excluding hydrogens is 377 g/mol. The molecule has 0 aliphatic rings. The molecule has 24 heavy (non-hydrogen) atoms. The van der Waals surface area contributed by atoms with E-state index >= 15 is 0 Å². The number of rotatable bonds is 5. The van der Waals surface area contributed by atoms with Gasteiger partial charge in [-0.15, -0.1) is 0 Å². The van der Waals surface area contributed by atoms with Gasteiger partial charge in [-0.1, -0.05) is 28.1 Å². The molecule has 0 heterocycles. The van der Waals surface area contributed by atoms with Crippen LogP contribution in [0.1, 0.15) is 22.8 Å². The molecule has 6 heteroatoms. The van der Waals surface area contributed by atoms with E-state index in [1.807, 2.05) is 0 Å². The summed E-state index contributed by atoms with van der Waals surface area (Å²) in [4.78, 5) is 23.5. The lowest BCUT2D eigenvalue weighted by Crippen LogP contribution is -2.13. The number of amides is 1. The molecule has 0 fully saturated rings. The summed E-state index contributed by atoms with van der Waals surface area (Å²) in [7, 11) is 0. The van der Waals surface area contributed by atoms with Crippen LogP contribution in [-0.2, 0) is 9.53 Å². The van der Waals surface area contributed by atoms with Gasteiger partial charge >= 0.3 is 5.97 Å². The first-order chi connectivity index (χ1) is 11.5. The van der Waals surface area contributed by atoms with Gasteiger partial charge in [-0.05, 0) is 48.9 Å². The molecule has 2 aromatic rings. The third-order valence-electron chi connectivity index (χ3n) is 3.02. The molecule has 0 bridgehead atoms. The quantitative estimate of drug-likeness (QED) is 0.606. The maximum Gasteiger partial charge on any atom is 0.330 e. The monoisotopic (exact) mass is 391 g/mol. The summed E-state index contributed by atoms with van der Waals surface area (Å²) in [6.45, 7) is 2.03. The Hall–Kier alpha value is -2.47. The average Bonchev–Trinajstić information content (AvgIpc) is 2.56. The number of benzene rings is 2. The fraction of sp³-hybridized carbons (Fsp3) is 0.111. The number of carbonyl (C=O) groups excluding carboxylic acids is 2. The molecule has 0 atom stereocenters. The molecular formula is C18H15BrFNO3. The molecule has 2 aromatic carbocycles. The van der Waals surface area contributed by atoms with Crippen LogP contribution in [0.15, 0.2) is 53.0 Å². The zero-order valence-electron chi connectivity index (χ0n) is 12.9. The second kappa shape index (κ2) is 8.40. The van der Waals surface area contributed by atoms with Crippen LogP contribution in [0.25, 0.3) is 6.08 Å². The van der Waals surface area contributed by atoms with Crippen molar-refractivity contribution in [3.63, 3.8) is 0 Å². The minimum Gasteiger partial charge on any atom is -0.463 e. The number of halogens is 2. The van der Waals surface area contributed by atoms with Gasteiger partial charge in [0.25, 0.3) is 5.91 Å². The summed E-state index contributed by atoms with van der Waals surface area (Å²) in [5.74, 6) is -1.60. The highest BCUT2D eigenvalue weighted by molar-refractivity contribution is 9.10. The first kappa shape index (κ1) is 17.9. The van der Waals surface area contributed by atoms with E-state index in [1.54, 1.807) is 37.3 Å². The van der Waals surface area contributed by atoms with Crippen LogP contribution in [0.2, 0.25) is 0 Å². The second-order valence-corrected chi connectivity index (χ2v) is 5.70. The highest BCUT2D eigenvalue weighted by Crippen LogP contribution is 2.18. The lowest BCUT2D eigenvalue weighted by molar-refractivity contribution is -0.137. The van der Waals surface area contributed by atoms with Gasteiger partial charge in [0.1, 0.15) is 5.82 Å². The topological polar surface area (TPSA) is 55.4 Å². The van der Waals surface area contributed by atoms with E-state index in [9.17, 15) is 14.0 Å². The molecule has 0 aromatic heterocycles. The Balaban J connectivity index is 2.13. The number of anilines is 1. The Morgan fingerprint density at radius 1 is 1.25 bits per heavy atom. The fourth-order valence-corrected chi connectivity index (χ4v) is 2.31. The van der Waals surface area contributed by atoms with Gasteiger partial charge < -0.3 is 10.1 Å². The van der Waals surface area contributed by atoms with E-state index in [0.717, 1.165) is 0 Å². The number of nitrogens with one attached hydrogen (secondary N) is 1. The number of ether oxygens (including phenoxy) is 1. The minimum atomic E-state index is -0.603. The maximum absolute atomic E-state index is 13.7. The Bertz CT molecular complexity index is 790. The maximum atomic E-state index is 13.7. The van der Waals surface area contributed by atoms with Crippen LogP contribution >= 0.6 is 15.9 Å². The van der Waals surface area contributed by atoms with Crippen molar-refractivity contribution in [1.82, 2.24) is 0 Å². The highest BCUT2D eigenvalue weighted by Gasteiger charge is 2.12. The predicted molar refractivity (Wildman–Crippen MR) is 94.2 cm³/mol. The first-order valence-electron chi connectivity index (χ1n) is 7.21. The van der Waals surface area contributed by atoms with Crippen molar-refractivity contribution in [2.24, 2.45) is 0 Å². The molecule has 124 valence electrons. The van der Waals surface area contributed by atoms with E-state index in [1.165, 1.54) is 24.3 Å². The molecule has 0 aliphatic heterocycles. The third kappa shape index (κ3) is 5.03. The fourth-order valence-electron chi connectivity index (χ4n) is 1.94. The van der Waals surface area contributed by atoms with Crippen molar-refractivity contribution >= 4 is 39.6 Å². The van der Waals surface area contributed by atoms with Gasteiger partial charge in [0.05, 0.1) is 12.2 Å². The molecule has 0 spiro atoms. The normalized spacial score (nSPS) is 10.6. The molecule has 0 aliphatic carbocycles. The van der Waals surface area contributed by atoms with Crippen molar-refractivity contribution in [3.8, 4) is 0 Å². The van der Waals surface area contributed by atoms with E-state index < -0.39 is 17.7 Å². The lowest BCUT2D eigenvalue weighted by atomic mass is 10.1. The van der Waals surface area contributed by atoms with Crippen LogP contribution in [0.5, 0.6) is 0 Å². The van der Waals surface area contributed by atoms with E-state index in [2.05, 4.69) is 21.2 Å². The van der Waals surface area contributed by atoms with Gasteiger partial charge in [0, 0.05) is 16.2 Å². The molecule has 0 saturated heterocycles. The van der Waals surface area contributed by atoms with Crippen molar-refractivity contribution in [1.29, 1.82) is 0 Å². The first-order valence-corrected chi connectivity index (χ1v) is 8.00. The standard InChI is InChI=1S/C18H15BrFNO3/c1-2-24-17(22)9-6-12-4-3-5-14(10-12)21-18(23)15-11-13(19)7-8-16(15)20/h3-11H,2H2,1H3,(H,21,23). The predicted octanol–water partition coefficient (Wildman–Crippen LogP) is 4.42. The zero-order chi connectivity index (χ0) is 17.5. The van der Waals surface area contributed by atoms with Crippen molar-refractivity contribution in [2.75, 3.05) is 11.9 Å². The molecule has 0 unspecified atom stereocenters. The number of carbonyl (C=O) groups is 2. The van der Waals surface area contributed by atoms with Gasteiger partial charge in [-0.2, -0.15) is 0 Å². The summed E-state index contributed by atoms with van der Waals surface area (Å²) in [6, 6.07) is 11.0. The minimum absolute atomic E-state index is 0.0585. The smallest absolute Gasteiger partial charge is 0.330 e. The van der Waals surface area contributed by atoms with Crippen molar-refractivity contribution in [2.45, 2.75) is 6.92 Å². The van der Waals surface area contributed by atoms with Crippen LogP contribution in [0.4, 0.5) is 10.1 Å². The number of hydrogen-bond donors (Lipinski definition) is 1. The van der Waals surface area contributed by atoms with E-state index in [-0.39, 0.29) is 5.56 Å². The van der Waals surface area contributed by atoms with Crippen LogP contribution in [0.3, 0.4) is 0 Å². The zero-order valence-corrected chi connectivity index (χ0v) is 14.5. The van der Waals surface area contributed by atoms with Gasteiger partial charge in [-0.3, -0.25) is 4.79 Å². The number of hydrogen-bond acceptors (Lipinski definition) is 3. The second-order valence-electron chi connectivity index (χ2n) is 4.79. The Morgan fingerprint density at radius 3 is 2.79 bits per heavy atom. The Morgan fingerprint density at radius 2 is 2.04 bits per heavy atom. The molecule has 2 rings (SSSR count). The molecule has 1 amide bonds. The van der Waals surface area contributed by atoms with E-state index in [0.29, 0.717) is 22.3 Å². The van der Waals surface area contributed by atoms with Gasteiger partial charge in [0.2, 0.25) is 0 Å². The summed E-state index contributed by atoms with van der Waals surface area (Å²) in [5.41, 5.74) is 1.14. The summed E-state index contributed by atoms with van der Waals surface area (Å²) < 4.78 is 19.2. The number of esters is 1. The third-order valence-corrected chi connectivity index (χ3v) is 3.51. The summed E-state index contributed by atoms with van der Waals surface area (Å²) >= 11 is 3.21. The van der Waals surface area contributed by atoms with Crippen LogP contribution in [0, 0.1) is 5.82 Å². The van der Waals surface area contributed by atoms with Gasteiger partial charge in [0.15, 0.2) is 0 Å². The Labute approximate surface area is 147 Å². The van der Waals surface area contributed by atoms with Gasteiger partial charge in [-0.25, -0.2) is 9.18 Å². The SMILES string of the molecule is CCOC(=O)C=Cc1cccc(NC(=O)c2cc(Br)ccc2F)c1. The Kier molecular flexibility index (Phi) is 6.26. The van der Waals surface area contributed by atoms with Crippen molar-refractivity contribution in [3.05, 3.63) is 70.0 Å². The van der Waals surface area contributed by atoms with Crippen LogP contribution < -0.4 is 5.32 Å². The molecule has 0 saturated carbocycles. The van der Waals surface area contributed by atoms with Crippen LogP contribution in [-0.4, -0.2) is 18.5 Å². The summed E-state index contributed by atoms with van der Waals surface area (Å²) in [6.07, 6.45) is 2.88. The summed E-state index contributed by atoms with van der Waals surface area (Å²) in [5, 5.41) is 2.63. The highest BCUT2D eigenvalue weighted by atomic mass is 79.9.